The van der Waals surface area contributed by atoms with Crippen molar-refractivity contribution in [2.45, 2.75) is 19.3 Å². The molecule has 0 radical (unpaired) electrons. The minimum Gasteiger partial charge on any atom is -1.00 e. The Hall–Kier alpha value is -0.266. The van der Waals surface area contributed by atoms with Crippen LogP contribution >= 0.6 is 0 Å². The Bertz CT molecular complexity index is 407. The molecule has 0 saturated carbocycles. The maximum Gasteiger partial charge on any atom is -1.00 e. The van der Waals surface area contributed by atoms with Crippen molar-refractivity contribution in [3.63, 3.8) is 0 Å². The Morgan fingerprint density at radius 3 is 1.17 bits per heavy atom. The molecule has 0 aromatic rings. The standard InChI is InChI=1S/3C5H5.2ClH.Ti/c3*1-2-4-5-3-1;;;/h3*1-3H,4H2;2*1H;/q;;;;;+2/p-2. The van der Waals surface area contributed by atoms with Gasteiger partial charge in [0.25, 0.3) is 0 Å². The third-order valence-corrected chi connectivity index (χ3v) is 8.02. The van der Waals surface area contributed by atoms with E-state index >= 15 is 0 Å². The molecule has 3 heteroatoms. The van der Waals surface area contributed by atoms with Crippen molar-refractivity contribution in [2.75, 3.05) is 0 Å². The van der Waals surface area contributed by atoms with E-state index in [0.29, 0.717) is 0 Å². The SMILES string of the molecule is C1=CC[C]([Ti+2]([C]2=CC=CC2)[C]2=CC=CC2)=C1.[Cl-].[Cl-]. The average molecular weight is 314 g/mol. The molecule has 0 bridgehead atoms. The van der Waals surface area contributed by atoms with E-state index in [0.717, 1.165) is 0 Å². The van der Waals surface area contributed by atoms with Crippen molar-refractivity contribution in [3.8, 4) is 0 Å². The fraction of sp³-hybridized carbons (Fsp3) is 0.200. The average Bonchev–Trinajstić information content (AvgIpc) is 3.02. The van der Waals surface area contributed by atoms with Crippen molar-refractivity contribution in [1.82, 2.24) is 0 Å². The Morgan fingerprint density at radius 2 is 0.944 bits per heavy atom. The summed E-state index contributed by atoms with van der Waals surface area (Å²) in [6, 6.07) is 0. The van der Waals surface area contributed by atoms with Crippen LogP contribution in [0.2, 0.25) is 0 Å². The van der Waals surface area contributed by atoms with Crippen LogP contribution < -0.4 is 24.8 Å². The molecule has 3 rings (SSSR count). The molecular formula is C15H15Cl2Ti. The summed E-state index contributed by atoms with van der Waals surface area (Å²) in [5, 5.41) is 0. The number of hydrogen-bond donors (Lipinski definition) is 0. The van der Waals surface area contributed by atoms with Gasteiger partial charge in [0.1, 0.15) is 0 Å². The molecule has 93 valence electrons. The van der Waals surface area contributed by atoms with Gasteiger partial charge < -0.3 is 24.8 Å². The number of rotatable bonds is 3. The molecule has 0 heterocycles. The van der Waals surface area contributed by atoms with E-state index in [1.54, 1.807) is 11.6 Å². The van der Waals surface area contributed by atoms with Crippen molar-refractivity contribution >= 4 is 0 Å². The van der Waals surface area contributed by atoms with Gasteiger partial charge in [-0.15, -0.1) is 0 Å². The first-order chi connectivity index (χ1) is 7.95. The maximum atomic E-state index is 2.37. The maximum absolute atomic E-state index is 2.37. The Balaban J connectivity index is 0.000000810. The molecule has 0 saturated heterocycles. The molecule has 3 aliphatic rings. The van der Waals surface area contributed by atoms with Gasteiger partial charge in [-0.2, -0.15) is 0 Å². The zero-order chi connectivity index (χ0) is 10.8. The molecule has 3 aliphatic carbocycles. The monoisotopic (exact) mass is 313 g/mol. The van der Waals surface area contributed by atoms with Gasteiger partial charge in [-0.3, -0.25) is 0 Å². The summed E-state index contributed by atoms with van der Waals surface area (Å²) in [6.45, 7) is 0. The van der Waals surface area contributed by atoms with Crippen LogP contribution in [-0.2, 0) is 17.9 Å². The normalized spacial score (nSPS) is 19.0. The molecular weight excluding hydrogens is 299 g/mol. The summed E-state index contributed by atoms with van der Waals surface area (Å²) in [6.07, 6.45) is 24.3. The fourth-order valence-corrected chi connectivity index (χ4v) is 7.19. The molecule has 0 spiro atoms. The van der Waals surface area contributed by atoms with E-state index in [4.69, 9.17) is 0 Å². The van der Waals surface area contributed by atoms with Crippen LogP contribution in [-0.4, -0.2) is 0 Å². The van der Waals surface area contributed by atoms with Gasteiger partial charge >= 0.3 is 103 Å². The second kappa shape index (κ2) is 7.35. The molecule has 0 aliphatic heterocycles. The van der Waals surface area contributed by atoms with E-state index in [-0.39, 0.29) is 24.8 Å². The predicted molar refractivity (Wildman–Crippen MR) is 65.5 cm³/mol. The summed E-state index contributed by atoms with van der Waals surface area (Å²) in [7, 11) is 0. The van der Waals surface area contributed by atoms with Crippen molar-refractivity contribution in [1.29, 1.82) is 0 Å². The largest absolute Gasteiger partial charge is 1.00 e. The van der Waals surface area contributed by atoms with Gasteiger partial charge in [0.2, 0.25) is 0 Å². The second-order valence-electron chi connectivity index (χ2n) is 4.35. The molecule has 0 unspecified atom stereocenters. The van der Waals surface area contributed by atoms with Crippen molar-refractivity contribution in [2.24, 2.45) is 0 Å². The second-order valence-corrected chi connectivity index (χ2v) is 8.53. The van der Waals surface area contributed by atoms with Crippen LogP contribution in [0, 0.1) is 0 Å². The van der Waals surface area contributed by atoms with Gasteiger partial charge in [0.15, 0.2) is 0 Å². The van der Waals surface area contributed by atoms with Crippen LogP contribution in [0.15, 0.2) is 66.3 Å². The smallest absolute Gasteiger partial charge is 1.00 e. The fourth-order valence-electron chi connectivity index (χ4n) is 2.52. The number of halogens is 2. The van der Waals surface area contributed by atoms with Gasteiger partial charge in [0, 0.05) is 0 Å². The zero-order valence-electron chi connectivity index (χ0n) is 10.1. The van der Waals surface area contributed by atoms with Gasteiger partial charge in [-0.1, -0.05) is 0 Å². The molecule has 0 N–H and O–H groups in total. The van der Waals surface area contributed by atoms with Gasteiger partial charge in [0.05, 0.1) is 0 Å². The summed E-state index contributed by atoms with van der Waals surface area (Å²) >= 11 is -1.31. The third kappa shape index (κ3) is 3.19. The molecule has 0 aromatic carbocycles. The van der Waals surface area contributed by atoms with Crippen LogP contribution in [0.1, 0.15) is 19.3 Å². The first-order valence-corrected chi connectivity index (χ1v) is 8.24. The van der Waals surface area contributed by atoms with Gasteiger partial charge in [-0.25, -0.2) is 0 Å². The summed E-state index contributed by atoms with van der Waals surface area (Å²) in [4.78, 5) is 0. The summed E-state index contributed by atoms with van der Waals surface area (Å²) < 4.78 is 5.18. The third-order valence-electron chi connectivity index (χ3n) is 3.28. The molecule has 18 heavy (non-hydrogen) atoms. The minimum atomic E-state index is -1.31. The summed E-state index contributed by atoms with van der Waals surface area (Å²) in [5.74, 6) is 0. The van der Waals surface area contributed by atoms with E-state index in [2.05, 4.69) is 54.7 Å². The van der Waals surface area contributed by atoms with Crippen LogP contribution in [0.4, 0.5) is 0 Å². The van der Waals surface area contributed by atoms with Gasteiger partial charge in [-0.05, 0) is 0 Å². The Morgan fingerprint density at radius 1 is 0.611 bits per heavy atom. The molecule has 0 nitrogen and oxygen atoms in total. The van der Waals surface area contributed by atoms with Crippen LogP contribution in [0.5, 0.6) is 0 Å². The van der Waals surface area contributed by atoms with E-state index < -0.39 is 17.9 Å². The summed E-state index contributed by atoms with van der Waals surface area (Å²) in [5.41, 5.74) is 0. The first kappa shape index (κ1) is 15.8. The molecule has 0 aromatic heterocycles. The predicted octanol–water partition coefficient (Wildman–Crippen LogP) is -1.86. The van der Waals surface area contributed by atoms with Crippen molar-refractivity contribution in [3.05, 3.63) is 66.3 Å². The zero-order valence-corrected chi connectivity index (χ0v) is 13.1. The van der Waals surface area contributed by atoms with Crippen LogP contribution in [0.3, 0.4) is 0 Å². The minimum absolute atomic E-state index is 0. The Labute approximate surface area is 128 Å². The molecule has 0 amide bonds. The van der Waals surface area contributed by atoms with Crippen LogP contribution in [0.25, 0.3) is 0 Å². The van der Waals surface area contributed by atoms with E-state index in [9.17, 15) is 0 Å². The van der Waals surface area contributed by atoms with E-state index in [1.807, 2.05) is 0 Å². The molecule has 0 atom stereocenters. The first-order valence-electron chi connectivity index (χ1n) is 5.90. The number of hydrogen-bond acceptors (Lipinski definition) is 0. The molecule has 0 fully saturated rings. The Kier molecular flexibility index (Phi) is 6.45. The van der Waals surface area contributed by atoms with E-state index in [1.165, 1.54) is 19.3 Å². The quantitative estimate of drug-likeness (QED) is 0.536. The number of allylic oxidation sites excluding steroid dienone is 12. The topological polar surface area (TPSA) is 0 Å². The van der Waals surface area contributed by atoms with Crippen molar-refractivity contribution < 1.29 is 42.7 Å².